The average molecular weight is 879 g/mol. The second-order valence-corrected chi connectivity index (χ2v) is 19.1. The van der Waals surface area contributed by atoms with Crippen molar-refractivity contribution in [1.82, 2.24) is 9.80 Å². The number of nitrogens with zero attached hydrogens (tertiary/aromatic N) is 4. The first-order valence-electron chi connectivity index (χ1n) is 24.5. The number of rotatable bonds is 3. The third-order valence-electron chi connectivity index (χ3n) is 15.0. The van der Waals surface area contributed by atoms with Crippen LogP contribution in [-0.4, -0.2) is 136 Å². The fraction of sp³-hybridized carbons (Fsp3) is 0.647. The van der Waals surface area contributed by atoms with Crippen LogP contribution in [0.25, 0.3) is 0 Å². The van der Waals surface area contributed by atoms with E-state index in [1.807, 2.05) is 6.26 Å². The minimum absolute atomic E-state index is 0.0498. The molecule has 2 saturated carbocycles. The van der Waals surface area contributed by atoms with E-state index in [2.05, 4.69) is 52.3 Å². The van der Waals surface area contributed by atoms with Gasteiger partial charge in [-0.15, -0.1) is 0 Å². The molecule has 0 aromatic heterocycles. The van der Waals surface area contributed by atoms with Gasteiger partial charge in [0.2, 0.25) is 0 Å². The van der Waals surface area contributed by atoms with Crippen molar-refractivity contribution < 1.29 is 42.7 Å². The van der Waals surface area contributed by atoms with E-state index >= 15 is 0 Å². The molecule has 0 spiro atoms. The van der Waals surface area contributed by atoms with E-state index in [0.717, 1.165) is 119 Å². The Bertz CT molecular complexity index is 2040. The Kier molecular flexibility index (Phi) is 14.1. The van der Waals surface area contributed by atoms with Crippen molar-refractivity contribution in [3.05, 3.63) is 71.1 Å². The molecule has 2 aromatic rings. The largest absolute Gasteiger partial charge is 0.496 e. The molecule has 2 aromatic carbocycles. The Balaban J connectivity index is 0.921. The van der Waals surface area contributed by atoms with Crippen molar-refractivity contribution in [2.45, 2.75) is 138 Å². The molecule has 2 amide bonds. The smallest absolute Gasteiger partial charge is 0.277 e. The molecule has 13 nitrogen and oxygen atoms in total. The van der Waals surface area contributed by atoms with E-state index in [1.165, 1.54) is 16.7 Å². The van der Waals surface area contributed by atoms with Crippen LogP contribution in [-0.2, 0) is 33.3 Å². The summed E-state index contributed by atoms with van der Waals surface area (Å²) in [5.41, 5.74) is 6.23. The van der Waals surface area contributed by atoms with E-state index in [9.17, 15) is 9.59 Å². The van der Waals surface area contributed by atoms with Crippen molar-refractivity contribution in [3.8, 4) is 11.5 Å². The molecule has 8 aliphatic heterocycles. The van der Waals surface area contributed by atoms with Crippen LogP contribution < -0.4 is 9.47 Å². The lowest BCUT2D eigenvalue weighted by Crippen LogP contribution is -2.50. The van der Waals surface area contributed by atoms with Gasteiger partial charge >= 0.3 is 0 Å². The van der Waals surface area contributed by atoms with Crippen LogP contribution in [0.2, 0.25) is 0 Å². The molecule has 64 heavy (non-hydrogen) atoms. The van der Waals surface area contributed by atoms with E-state index in [1.54, 1.807) is 0 Å². The van der Waals surface area contributed by atoms with Gasteiger partial charge in [0.05, 0.1) is 62.6 Å². The molecule has 2 aliphatic carbocycles. The third-order valence-corrected chi connectivity index (χ3v) is 15.0. The van der Waals surface area contributed by atoms with Crippen molar-refractivity contribution in [2.75, 3.05) is 72.4 Å². The molecule has 0 radical (unpaired) electrons. The normalized spacial score (nSPS) is 33.8. The summed E-state index contributed by atoms with van der Waals surface area (Å²) >= 11 is 0. The summed E-state index contributed by atoms with van der Waals surface area (Å²) in [5.74, 6) is 2.28. The number of hydrogen-bond acceptors (Lipinski definition) is 11. The molecular formula is C51H66N4O9. The number of para-hydroxylation sites is 1. The van der Waals surface area contributed by atoms with E-state index in [0.29, 0.717) is 76.7 Å². The molecule has 12 rings (SSSR count). The Hall–Kier alpha value is -4.14. The molecule has 4 saturated heterocycles. The van der Waals surface area contributed by atoms with Gasteiger partial charge in [-0.1, -0.05) is 30.3 Å². The number of aliphatic imine (C=N–C) groups is 2. The lowest BCUT2D eigenvalue weighted by Gasteiger charge is -2.38. The number of carbonyl (C=O) groups excluding carboxylic acids is 2. The van der Waals surface area contributed by atoms with Crippen LogP contribution >= 0.6 is 0 Å². The van der Waals surface area contributed by atoms with Gasteiger partial charge < -0.3 is 38.1 Å². The Morgan fingerprint density at radius 2 is 1.39 bits per heavy atom. The first-order chi connectivity index (χ1) is 31.5. The van der Waals surface area contributed by atoms with Crippen molar-refractivity contribution in [3.63, 3.8) is 0 Å². The number of benzene rings is 2. The summed E-state index contributed by atoms with van der Waals surface area (Å²) in [6.45, 7) is 6.18. The van der Waals surface area contributed by atoms with Crippen LogP contribution in [0.1, 0.15) is 124 Å². The number of fused-ring (bicyclic) bond motifs is 10. The lowest BCUT2D eigenvalue weighted by atomic mass is 9.80. The van der Waals surface area contributed by atoms with Crippen LogP contribution in [0.15, 0.2) is 64.4 Å². The van der Waals surface area contributed by atoms with Gasteiger partial charge in [0.1, 0.15) is 37.1 Å². The topological polar surface area (TPSA) is 130 Å². The summed E-state index contributed by atoms with van der Waals surface area (Å²) in [5, 5.41) is 0. The molecule has 0 N–H and O–H groups in total. The fourth-order valence-electron chi connectivity index (χ4n) is 11.4. The number of carbonyl (C=O) groups is 2. The van der Waals surface area contributed by atoms with Gasteiger partial charge in [0, 0.05) is 37.7 Å². The summed E-state index contributed by atoms with van der Waals surface area (Å²) in [6, 6.07) is 15.2. The van der Waals surface area contributed by atoms with E-state index < -0.39 is 12.2 Å². The monoisotopic (exact) mass is 878 g/mol. The first-order valence-corrected chi connectivity index (χ1v) is 24.5. The average Bonchev–Trinajstić information content (AvgIpc) is 3.38. The van der Waals surface area contributed by atoms with Gasteiger partial charge in [0.25, 0.3) is 11.8 Å². The quantitative estimate of drug-likeness (QED) is 0.309. The Morgan fingerprint density at radius 1 is 0.625 bits per heavy atom. The summed E-state index contributed by atoms with van der Waals surface area (Å²) < 4.78 is 44.0. The molecule has 3 unspecified atom stereocenters. The minimum atomic E-state index is -0.725. The van der Waals surface area contributed by atoms with E-state index in [4.69, 9.17) is 43.1 Å². The van der Waals surface area contributed by atoms with Crippen LogP contribution in [0.3, 0.4) is 0 Å². The highest BCUT2D eigenvalue weighted by atomic mass is 16.6. The molecule has 4 bridgehead atoms. The molecule has 6 fully saturated rings. The predicted octanol–water partition coefficient (Wildman–Crippen LogP) is 7.27. The van der Waals surface area contributed by atoms with Crippen LogP contribution in [0.5, 0.6) is 11.5 Å². The van der Waals surface area contributed by atoms with E-state index in [-0.39, 0.29) is 42.6 Å². The standard InChI is InChI=1S/C51H66N4O9/c56-50(48-9-3-4-23-59-48)52-42-7-5-20-54-21-24-61-47-19-14-36(28-41(47)35-12-17-39(18-13-35)63-31-44(42)54)37-29-43(53-51(57)49-33-58-26-27-62-49)45-32-64-38-15-10-34(11-16-38)40-6-1-2-8-46(40)60-25-22-55(45)30-37/h1-2,6,8,14,19,28,32,34-35,37-39,44,48-49H,3-5,7,9-13,15-18,20-27,29-31,33H2/b45-32-,52-42?,53-43?/t34?,35?,37?,38?,39?,44-,48?,49?/m0/s1. The molecule has 8 heterocycles. The number of hydrogen-bond donors (Lipinski definition) is 0. The van der Waals surface area contributed by atoms with Crippen molar-refractivity contribution >= 4 is 23.2 Å². The first kappa shape index (κ1) is 43.7. The lowest BCUT2D eigenvalue weighted by molar-refractivity contribution is -0.144. The molecule has 344 valence electrons. The highest BCUT2D eigenvalue weighted by Crippen LogP contribution is 2.43. The van der Waals surface area contributed by atoms with Gasteiger partial charge in [-0.2, -0.15) is 0 Å². The molecule has 13 heteroatoms. The summed E-state index contributed by atoms with van der Waals surface area (Å²) in [6.07, 6.45) is 14.0. The van der Waals surface area contributed by atoms with Crippen molar-refractivity contribution in [2.24, 2.45) is 9.98 Å². The van der Waals surface area contributed by atoms with Gasteiger partial charge in [0.15, 0.2) is 6.10 Å². The second-order valence-electron chi connectivity index (χ2n) is 19.1. The zero-order valence-corrected chi connectivity index (χ0v) is 37.4. The number of allylic oxidation sites excluding steroid dienone is 1. The summed E-state index contributed by atoms with van der Waals surface area (Å²) in [4.78, 5) is 41.4. The van der Waals surface area contributed by atoms with Crippen LogP contribution in [0, 0.1) is 0 Å². The maximum absolute atomic E-state index is 13.8. The third kappa shape index (κ3) is 10.1. The minimum Gasteiger partial charge on any atom is -0.496 e. The predicted molar refractivity (Wildman–Crippen MR) is 242 cm³/mol. The Labute approximate surface area is 377 Å². The van der Waals surface area contributed by atoms with Gasteiger partial charge in [-0.25, -0.2) is 9.98 Å². The fourth-order valence-corrected chi connectivity index (χ4v) is 11.4. The number of amides is 2. The van der Waals surface area contributed by atoms with Crippen molar-refractivity contribution in [1.29, 1.82) is 0 Å². The van der Waals surface area contributed by atoms with Gasteiger partial charge in [-0.05, 0) is 131 Å². The zero-order chi connectivity index (χ0) is 43.2. The Morgan fingerprint density at radius 3 is 2.20 bits per heavy atom. The SMILES string of the molecule is O=C(N=C1CC(c2ccc3c(c2)C2CCC(CC2)OC[C@H]2C(=NC(=O)C4CCCCO4)CCCN2CCO3)CN2CCOc3ccccc3C3CCC(CC3)O/C=C/12)C1COCCO1. The molecule has 10 aliphatic rings. The summed E-state index contributed by atoms with van der Waals surface area (Å²) in [7, 11) is 0. The molecular weight excluding hydrogens is 813 g/mol. The highest BCUT2D eigenvalue weighted by molar-refractivity contribution is 6.07. The highest BCUT2D eigenvalue weighted by Gasteiger charge is 2.37. The zero-order valence-electron chi connectivity index (χ0n) is 37.4. The van der Waals surface area contributed by atoms with Gasteiger partial charge in [-0.3, -0.25) is 14.5 Å². The second kappa shape index (κ2) is 20.6. The maximum Gasteiger partial charge on any atom is 0.277 e. The maximum atomic E-state index is 13.8. The molecule has 4 atom stereocenters. The number of piperidine rings is 2. The van der Waals surface area contributed by atoms with Crippen LogP contribution in [0.4, 0.5) is 0 Å². The number of ether oxygens (including phenoxy) is 7.